The average molecular weight is 422 g/mol. The molecule has 0 unspecified atom stereocenters. The van der Waals surface area contributed by atoms with Gasteiger partial charge in [-0.15, -0.1) is 0 Å². The van der Waals surface area contributed by atoms with E-state index in [1.807, 2.05) is 25.1 Å². The fraction of sp³-hybridized carbons (Fsp3) is 0.217. The van der Waals surface area contributed by atoms with Crippen molar-refractivity contribution in [2.75, 3.05) is 20.1 Å². The predicted molar refractivity (Wildman–Crippen MR) is 114 cm³/mol. The lowest BCUT2D eigenvalue weighted by Crippen LogP contribution is -2.40. The van der Waals surface area contributed by atoms with Crippen LogP contribution in [0.5, 0.6) is 23.0 Å². The van der Waals surface area contributed by atoms with Gasteiger partial charge in [0.1, 0.15) is 0 Å². The zero-order valence-electron chi connectivity index (χ0n) is 16.9. The summed E-state index contributed by atoms with van der Waals surface area (Å²) < 4.78 is 21.2. The second-order valence-corrected chi connectivity index (χ2v) is 7.05. The second-order valence-electron chi connectivity index (χ2n) is 7.05. The van der Waals surface area contributed by atoms with Gasteiger partial charge in [-0.1, -0.05) is 12.1 Å². The maximum absolute atomic E-state index is 12.1. The molecule has 2 amide bonds. The molecule has 4 rings (SSSR count). The third-order valence-corrected chi connectivity index (χ3v) is 4.62. The molecule has 0 aromatic heterocycles. The molecule has 1 atom stereocenters. The fourth-order valence-corrected chi connectivity index (χ4v) is 3.03. The number of carbonyl (C=O) groups is 2. The predicted octanol–water partition coefficient (Wildman–Crippen LogP) is 2.49. The van der Waals surface area contributed by atoms with E-state index in [4.69, 9.17) is 18.9 Å². The maximum Gasteiger partial charge on any atom is 0.244 e. The Morgan fingerprint density at radius 1 is 0.839 bits per heavy atom. The van der Waals surface area contributed by atoms with Crippen LogP contribution in [-0.4, -0.2) is 38.0 Å². The van der Waals surface area contributed by atoms with Crippen molar-refractivity contribution in [1.82, 2.24) is 10.6 Å². The first kappa shape index (κ1) is 20.3. The molecule has 160 valence electrons. The zero-order valence-corrected chi connectivity index (χ0v) is 16.9. The van der Waals surface area contributed by atoms with Crippen LogP contribution in [-0.2, 0) is 9.59 Å². The van der Waals surface area contributed by atoms with Crippen LogP contribution in [0.4, 0.5) is 0 Å². The van der Waals surface area contributed by atoms with E-state index in [0.717, 1.165) is 11.1 Å². The van der Waals surface area contributed by atoms with Crippen molar-refractivity contribution in [3.05, 3.63) is 59.7 Å². The topological polar surface area (TPSA) is 95.1 Å². The molecule has 0 radical (unpaired) electrons. The normalized spacial score (nSPS) is 14.7. The molecule has 0 saturated carbocycles. The SMILES string of the molecule is C[C@H](CNC(=O)/C=C\c1ccc2c(c1)OCO2)NC(=O)/C=C/c1ccc2c(c1)OCO2. The van der Waals surface area contributed by atoms with Crippen molar-refractivity contribution in [2.24, 2.45) is 0 Å². The smallest absolute Gasteiger partial charge is 0.244 e. The third-order valence-electron chi connectivity index (χ3n) is 4.62. The van der Waals surface area contributed by atoms with E-state index in [0.29, 0.717) is 29.5 Å². The fourth-order valence-electron chi connectivity index (χ4n) is 3.03. The van der Waals surface area contributed by atoms with Crippen molar-refractivity contribution < 1.29 is 28.5 Å². The van der Waals surface area contributed by atoms with Crippen LogP contribution in [0.1, 0.15) is 18.1 Å². The summed E-state index contributed by atoms with van der Waals surface area (Å²) in [6, 6.07) is 10.7. The highest BCUT2D eigenvalue weighted by Crippen LogP contribution is 2.33. The van der Waals surface area contributed by atoms with Gasteiger partial charge in [0.25, 0.3) is 0 Å². The van der Waals surface area contributed by atoms with Crippen LogP contribution in [0.2, 0.25) is 0 Å². The Morgan fingerprint density at radius 2 is 1.35 bits per heavy atom. The molecule has 0 spiro atoms. The lowest BCUT2D eigenvalue weighted by molar-refractivity contribution is -0.118. The highest BCUT2D eigenvalue weighted by Gasteiger charge is 2.13. The minimum Gasteiger partial charge on any atom is -0.454 e. The molecule has 2 aromatic rings. The number of hydrogen-bond donors (Lipinski definition) is 2. The largest absolute Gasteiger partial charge is 0.454 e. The molecule has 8 heteroatoms. The number of carbonyl (C=O) groups excluding carboxylic acids is 2. The Bertz CT molecular complexity index is 1050. The van der Waals surface area contributed by atoms with Gasteiger partial charge in [-0.05, 0) is 54.5 Å². The standard InChI is InChI=1S/C23H22N2O6/c1-15(25-23(27)9-5-17-3-7-19-21(11-17)31-14-29-19)12-24-22(26)8-4-16-2-6-18-20(10-16)30-13-28-18/h2-11,15H,12-14H2,1H3,(H,24,26)(H,25,27)/b8-4-,9-5+/t15-/m1/s1. The summed E-state index contributed by atoms with van der Waals surface area (Å²) in [7, 11) is 0. The van der Waals surface area contributed by atoms with E-state index in [1.54, 1.807) is 30.4 Å². The van der Waals surface area contributed by atoms with Crippen LogP contribution in [0, 0.1) is 0 Å². The van der Waals surface area contributed by atoms with E-state index in [2.05, 4.69) is 10.6 Å². The minimum absolute atomic E-state index is 0.206. The van der Waals surface area contributed by atoms with Crippen LogP contribution in [0.3, 0.4) is 0 Å². The molecule has 2 aliphatic rings. The number of fused-ring (bicyclic) bond motifs is 2. The van der Waals surface area contributed by atoms with E-state index >= 15 is 0 Å². The first-order valence-electron chi connectivity index (χ1n) is 9.80. The number of amides is 2. The van der Waals surface area contributed by atoms with Gasteiger partial charge >= 0.3 is 0 Å². The van der Waals surface area contributed by atoms with Crippen molar-refractivity contribution in [3.63, 3.8) is 0 Å². The first-order valence-corrected chi connectivity index (χ1v) is 9.80. The minimum atomic E-state index is -0.255. The highest BCUT2D eigenvalue weighted by atomic mass is 16.7. The van der Waals surface area contributed by atoms with Crippen LogP contribution in [0.25, 0.3) is 12.2 Å². The molecule has 0 saturated heterocycles. The lowest BCUT2D eigenvalue weighted by Gasteiger charge is -2.12. The molecule has 2 aromatic carbocycles. The van der Waals surface area contributed by atoms with Crippen molar-refractivity contribution in [2.45, 2.75) is 13.0 Å². The molecule has 0 aliphatic carbocycles. The van der Waals surface area contributed by atoms with Gasteiger partial charge in [0.05, 0.1) is 0 Å². The number of benzene rings is 2. The summed E-state index contributed by atoms with van der Waals surface area (Å²) in [6.45, 7) is 2.53. The quantitative estimate of drug-likeness (QED) is 0.666. The van der Waals surface area contributed by atoms with E-state index in [-0.39, 0.29) is 31.4 Å². The van der Waals surface area contributed by atoms with Gasteiger partial charge in [-0.3, -0.25) is 9.59 Å². The number of hydrogen-bond acceptors (Lipinski definition) is 6. The molecule has 2 aliphatic heterocycles. The molecular formula is C23H22N2O6. The summed E-state index contributed by atoms with van der Waals surface area (Å²) in [4.78, 5) is 24.1. The van der Waals surface area contributed by atoms with Gasteiger partial charge in [0.15, 0.2) is 23.0 Å². The molecule has 2 heterocycles. The molecule has 8 nitrogen and oxygen atoms in total. The summed E-state index contributed by atoms with van der Waals surface area (Å²) in [5, 5.41) is 5.57. The molecule has 0 bridgehead atoms. The van der Waals surface area contributed by atoms with E-state index in [1.165, 1.54) is 12.2 Å². The Kier molecular flexibility index (Phi) is 6.07. The van der Waals surface area contributed by atoms with Gasteiger partial charge in [0, 0.05) is 24.7 Å². The zero-order chi connectivity index (χ0) is 21.6. The van der Waals surface area contributed by atoms with Crippen LogP contribution >= 0.6 is 0 Å². The Hall–Kier alpha value is -3.94. The Morgan fingerprint density at radius 3 is 1.94 bits per heavy atom. The number of nitrogens with one attached hydrogen (secondary N) is 2. The third kappa shape index (κ3) is 5.36. The summed E-state index contributed by atoms with van der Waals surface area (Å²) in [5.74, 6) is 2.20. The molecular weight excluding hydrogens is 400 g/mol. The van der Waals surface area contributed by atoms with Crippen LogP contribution in [0.15, 0.2) is 48.6 Å². The number of rotatable bonds is 7. The summed E-state index contributed by atoms with van der Waals surface area (Å²) >= 11 is 0. The average Bonchev–Trinajstić information content (AvgIpc) is 3.43. The van der Waals surface area contributed by atoms with E-state index < -0.39 is 0 Å². The van der Waals surface area contributed by atoms with E-state index in [9.17, 15) is 9.59 Å². The van der Waals surface area contributed by atoms with Crippen molar-refractivity contribution in [1.29, 1.82) is 0 Å². The molecule has 2 N–H and O–H groups in total. The summed E-state index contributed by atoms with van der Waals surface area (Å²) in [5.41, 5.74) is 1.66. The van der Waals surface area contributed by atoms with Crippen LogP contribution < -0.4 is 29.6 Å². The van der Waals surface area contributed by atoms with Gasteiger partial charge in [-0.25, -0.2) is 0 Å². The van der Waals surface area contributed by atoms with Gasteiger partial charge in [-0.2, -0.15) is 0 Å². The summed E-state index contributed by atoms with van der Waals surface area (Å²) in [6.07, 6.45) is 6.26. The Labute approximate surface area is 179 Å². The maximum atomic E-state index is 12.1. The van der Waals surface area contributed by atoms with Gasteiger partial charge in [0.2, 0.25) is 25.4 Å². The number of ether oxygens (including phenoxy) is 4. The monoisotopic (exact) mass is 422 g/mol. The second kappa shape index (κ2) is 9.25. The molecule has 0 fully saturated rings. The Balaban J connectivity index is 1.20. The van der Waals surface area contributed by atoms with Crippen molar-refractivity contribution >= 4 is 24.0 Å². The van der Waals surface area contributed by atoms with Gasteiger partial charge < -0.3 is 29.6 Å². The van der Waals surface area contributed by atoms with Crippen molar-refractivity contribution in [3.8, 4) is 23.0 Å². The highest BCUT2D eigenvalue weighted by molar-refractivity contribution is 5.93. The molecule has 31 heavy (non-hydrogen) atoms. The lowest BCUT2D eigenvalue weighted by atomic mass is 10.2. The first-order chi connectivity index (χ1) is 15.1.